The number of nitrogens with zero attached hydrogens (tertiary/aromatic N) is 2. The zero-order valence-electron chi connectivity index (χ0n) is 18.7. The lowest BCUT2D eigenvalue weighted by atomic mass is 10.1. The quantitative estimate of drug-likeness (QED) is 0.534. The van der Waals surface area contributed by atoms with E-state index in [0.29, 0.717) is 22.9 Å². The Balaban J connectivity index is 1.25. The lowest BCUT2D eigenvalue weighted by Gasteiger charge is -2.22. The Morgan fingerprint density at radius 1 is 0.818 bits per heavy atom. The molecular weight excluding hydrogens is 434 g/mol. The van der Waals surface area contributed by atoms with E-state index in [1.54, 1.807) is 6.07 Å². The highest BCUT2D eigenvalue weighted by molar-refractivity contribution is 6.30. The predicted molar refractivity (Wildman–Crippen MR) is 132 cm³/mol. The van der Waals surface area contributed by atoms with Crippen LogP contribution in [0.5, 0.6) is 5.75 Å². The molecule has 4 rings (SSSR count). The predicted octanol–water partition coefficient (Wildman–Crippen LogP) is 4.68. The van der Waals surface area contributed by atoms with Crippen LogP contribution in [-0.2, 0) is 19.6 Å². The number of phenols is 1. The molecule has 6 heteroatoms. The summed E-state index contributed by atoms with van der Waals surface area (Å²) in [6, 6.07) is 22.9. The molecule has 5 nitrogen and oxygen atoms in total. The van der Waals surface area contributed by atoms with Crippen LogP contribution in [0.1, 0.15) is 33.5 Å². The van der Waals surface area contributed by atoms with Crippen LogP contribution in [0, 0.1) is 0 Å². The minimum Gasteiger partial charge on any atom is -0.508 e. The Morgan fingerprint density at radius 2 is 1.45 bits per heavy atom. The minimum atomic E-state index is -0.0751. The number of phenolic OH excluding ortho intramolecular Hbond substituents is 1. The Hall–Kier alpha value is -2.86. The first-order valence-corrected chi connectivity index (χ1v) is 11.8. The molecule has 0 bridgehead atoms. The number of carbonyl (C=O) groups excluding carboxylic acids is 1. The lowest BCUT2D eigenvalue weighted by Crippen LogP contribution is -2.30. The number of halogens is 1. The van der Waals surface area contributed by atoms with Gasteiger partial charge in [-0.25, -0.2) is 0 Å². The maximum atomic E-state index is 12.5. The zero-order valence-corrected chi connectivity index (χ0v) is 19.5. The Morgan fingerprint density at radius 3 is 2.12 bits per heavy atom. The summed E-state index contributed by atoms with van der Waals surface area (Å²) in [7, 11) is 0. The molecular formula is C27H30ClN3O2. The number of amides is 1. The van der Waals surface area contributed by atoms with Crippen LogP contribution >= 0.6 is 11.6 Å². The molecule has 172 valence electrons. The van der Waals surface area contributed by atoms with Crippen LogP contribution in [-0.4, -0.2) is 47.0 Å². The number of hydrogen-bond acceptors (Lipinski definition) is 4. The van der Waals surface area contributed by atoms with Gasteiger partial charge in [0.25, 0.3) is 5.91 Å². The van der Waals surface area contributed by atoms with Crippen LogP contribution < -0.4 is 5.32 Å². The molecule has 0 aromatic heterocycles. The second-order valence-electron chi connectivity index (χ2n) is 8.58. The molecule has 1 heterocycles. The number of carbonyl (C=O) groups is 1. The largest absolute Gasteiger partial charge is 0.508 e. The van der Waals surface area contributed by atoms with Crippen molar-refractivity contribution in [2.24, 2.45) is 0 Å². The SMILES string of the molecule is O=C(NCc1ccc(Cl)cc1)c1ccc(CN2CCCN(Cc3cccc(O)c3)CC2)cc1. The molecule has 0 saturated carbocycles. The molecule has 0 aliphatic carbocycles. The topological polar surface area (TPSA) is 55.8 Å². The van der Waals surface area contributed by atoms with Crippen LogP contribution in [0.3, 0.4) is 0 Å². The summed E-state index contributed by atoms with van der Waals surface area (Å²) in [6.07, 6.45) is 1.12. The summed E-state index contributed by atoms with van der Waals surface area (Å²) in [5.41, 5.74) is 4.04. The fourth-order valence-corrected chi connectivity index (χ4v) is 4.29. The molecule has 0 spiro atoms. The van der Waals surface area contributed by atoms with Crippen molar-refractivity contribution in [3.05, 3.63) is 100 Å². The molecule has 1 amide bonds. The van der Waals surface area contributed by atoms with Crippen molar-refractivity contribution in [1.82, 2.24) is 15.1 Å². The van der Waals surface area contributed by atoms with E-state index >= 15 is 0 Å². The molecule has 1 saturated heterocycles. The van der Waals surface area contributed by atoms with Gasteiger partial charge >= 0.3 is 0 Å². The highest BCUT2D eigenvalue weighted by Gasteiger charge is 2.16. The minimum absolute atomic E-state index is 0.0751. The number of aromatic hydroxyl groups is 1. The van der Waals surface area contributed by atoms with Crippen LogP contribution in [0.25, 0.3) is 0 Å². The second-order valence-corrected chi connectivity index (χ2v) is 9.02. The number of hydrogen-bond donors (Lipinski definition) is 2. The van der Waals surface area contributed by atoms with E-state index in [2.05, 4.69) is 21.2 Å². The van der Waals surface area contributed by atoms with Crippen molar-refractivity contribution in [2.75, 3.05) is 26.2 Å². The maximum absolute atomic E-state index is 12.5. The standard InChI is InChI=1S/C27H30ClN3O2/c28-25-11-7-21(8-12-25)18-29-27(33)24-9-5-22(6-10-24)19-30-13-2-14-31(16-15-30)20-23-3-1-4-26(32)17-23/h1,3-12,17,32H,2,13-16,18-20H2,(H,29,33). The van der Waals surface area contributed by atoms with Crippen LogP contribution in [0.2, 0.25) is 5.02 Å². The van der Waals surface area contributed by atoms with E-state index in [0.717, 1.165) is 56.8 Å². The smallest absolute Gasteiger partial charge is 0.251 e. The molecule has 0 radical (unpaired) electrons. The summed E-state index contributed by atoms with van der Waals surface area (Å²) in [5, 5.41) is 13.3. The van der Waals surface area contributed by atoms with E-state index in [1.807, 2.05) is 60.7 Å². The number of benzene rings is 3. The van der Waals surface area contributed by atoms with Crippen molar-refractivity contribution >= 4 is 17.5 Å². The van der Waals surface area contributed by atoms with Gasteiger partial charge in [-0.05, 0) is 72.6 Å². The maximum Gasteiger partial charge on any atom is 0.251 e. The summed E-state index contributed by atoms with van der Waals surface area (Å²) in [5.74, 6) is 0.250. The molecule has 33 heavy (non-hydrogen) atoms. The van der Waals surface area contributed by atoms with Crippen LogP contribution in [0.4, 0.5) is 0 Å². The first kappa shape index (κ1) is 23.3. The van der Waals surface area contributed by atoms with Gasteiger partial charge in [-0.2, -0.15) is 0 Å². The fraction of sp³-hybridized carbons (Fsp3) is 0.296. The molecule has 2 N–H and O–H groups in total. The van der Waals surface area contributed by atoms with E-state index in [-0.39, 0.29) is 5.91 Å². The molecule has 0 unspecified atom stereocenters. The highest BCUT2D eigenvalue weighted by atomic mass is 35.5. The summed E-state index contributed by atoms with van der Waals surface area (Å²) < 4.78 is 0. The van der Waals surface area contributed by atoms with E-state index < -0.39 is 0 Å². The summed E-state index contributed by atoms with van der Waals surface area (Å²) >= 11 is 5.91. The summed E-state index contributed by atoms with van der Waals surface area (Å²) in [4.78, 5) is 17.4. The van der Waals surface area contributed by atoms with Crippen molar-refractivity contribution in [3.63, 3.8) is 0 Å². The van der Waals surface area contributed by atoms with Gasteiger partial charge in [0, 0.05) is 43.3 Å². The van der Waals surface area contributed by atoms with Gasteiger partial charge in [0.1, 0.15) is 5.75 Å². The first-order chi connectivity index (χ1) is 16.0. The van der Waals surface area contributed by atoms with Gasteiger partial charge in [-0.15, -0.1) is 0 Å². The molecule has 0 atom stereocenters. The van der Waals surface area contributed by atoms with Gasteiger partial charge < -0.3 is 10.4 Å². The van der Waals surface area contributed by atoms with Crippen molar-refractivity contribution in [3.8, 4) is 5.75 Å². The average molecular weight is 464 g/mol. The fourth-order valence-electron chi connectivity index (χ4n) is 4.16. The monoisotopic (exact) mass is 463 g/mol. The Labute approximate surface area is 200 Å². The summed E-state index contributed by atoms with van der Waals surface area (Å²) in [6.45, 7) is 6.33. The average Bonchev–Trinajstić information content (AvgIpc) is 3.04. The number of rotatable bonds is 7. The normalized spacial score (nSPS) is 15.2. The van der Waals surface area contributed by atoms with E-state index in [4.69, 9.17) is 11.6 Å². The molecule has 3 aromatic rings. The van der Waals surface area contributed by atoms with Gasteiger partial charge in [0.15, 0.2) is 0 Å². The van der Waals surface area contributed by atoms with Crippen LogP contribution in [0.15, 0.2) is 72.8 Å². The third-order valence-electron chi connectivity index (χ3n) is 5.99. The van der Waals surface area contributed by atoms with Crippen molar-refractivity contribution < 1.29 is 9.90 Å². The van der Waals surface area contributed by atoms with Crippen molar-refractivity contribution in [1.29, 1.82) is 0 Å². The van der Waals surface area contributed by atoms with Gasteiger partial charge in [-0.3, -0.25) is 14.6 Å². The third-order valence-corrected chi connectivity index (χ3v) is 6.24. The van der Waals surface area contributed by atoms with Gasteiger partial charge in [0.2, 0.25) is 0 Å². The van der Waals surface area contributed by atoms with E-state index in [1.165, 1.54) is 5.56 Å². The number of nitrogens with one attached hydrogen (secondary N) is 1. The zero-order chi connectivity index (χ0) is 23.0. The molecule has 1 fully saturated rings. The Kier molecular flexibility index (Phi) is 8.00. The van der Waals surface area contributed by atoms with Gasteiger partial charge in [-0.1, -0.05) is 48.0 Å². The van der Waals surface area contributed by atoms with E-state index in [9.17, 15) is 9.90 Å². The Bertz CT molecular complexity index is 1050. The first-order valence-electron chi connectivity index (χ1n) is 11.4. The third kappa shape index (κ3) is 7.06. The lowest BCUT2D eigenvalue weighted by molar-refractivity contribution is 0.0951. The molecule has 1 aliphatic rings. The highest BCUT2D eigenvalue weighted by Crippen LogP contribution is 2.16. The van der Waals surface area contributed by atoms with Gasteiger partial charge in [0.05, 0.1) is 0 Å². The molecule has 3 aromatic carbocycles. The van der Waals surface area contributed by atoms with Crippen molar-refractivity contribution in [2.45, 2.75) is 26.1 Å². The molecule has 1 aliphatic heterocycles. The second kappa shape index (κ2) is 11.3.